The lowest BCUT2D eigenvalue weighted by Gasteiger charge is -2.30. The first-order chi connectivity index (χ1) is 8.24. The van der Waals surface area contributed by atoms with Crippen LogP contribution in [0.25, 0.3) is 11.3 Å². The van der Waals surface area contributed by atoms with Crippen molar-refractivity contribution in [3.05, 3.63) is 28.3 Å². The minimum atomic E-state index is 0.0921. The van der Waals surface area contributed by atoms with Gasteiger partial charge in [-0.25, -0.2) is 4.98 Å². The molecular formula is C12H13N3OS. The summed E-state index contributed by atoms with van der Waals surface area (Å²) in [7, 11) is 0. The number of rotatable bonds is 2. The summed E-state index contributed by atoms with van der Waals surface area (Å²) < 4.78 is 0. The van der Waals surface area contributed by atoms with Gasteiger partial charge in [0.25, 0.3) is 5.91 Å². The quantitative estimate of drug-likeness (QED) is 0.885. The van der Waals surface area contributed by atoms with E-state index in [9.17, 15) is 4.79 Å². The molecule has 0 atom stereocenters. The predicted octanol–water partition coefficient (Wildman–Crippen LogP) is 2.29. The maximum atomic E-state index is 12.0. The van der Waals surface area contributed by atoms with Gasteiger partial charge in [0, 0.05) is 30.2 Å². The van der Waals surface area contributed by atoms with E-state index in [2.05, 4.69) is 9.97 Å². The van der Waals surface area contributed by atoms with Gasteiger partial charge in [-0.05, 0) is 19.4 Å². The smallest absolute Gasteiger partial charge is 0.270 e. The Morgan fingerprint density at radius 2 is 2.35 bits per heavy atom. The van der Waals surface area contributed by atoms with Crippen molar-refractivity contribution in [3.8, 4) is 11.3 Å². The molecule has 3 rings (SSSR count). The van der Waals surface area contributed by atoms with E-state index in [-0.39, 0.29) is 5.91 Å². The lowest BCUT2D eigenvalue weighted by Crippen LogP contribution is -2.42. The number of amides is 1. The van der Waals surface area contributed by atoms with Crippen molar-refractivity contribution in [2.75, 3.05) is 13.1 Å². The van der Waals surface area contributed by atoms with Gasteiger partial charge < -0.3 is 9.88 Å². The molecule has 1 N–H and O–H groups in total. The molecule has 2 aromatic rings. The van der Waals surface area contributed by atoms with E-state index in [0.717, 1.165) is 35.8 Å². The SMILES string of the molecule is Cc1nc(-c2c[nH]c(C(=O)N3CCC3)c2)cs1. The fourth-order valence-corrected chi connectivity index (χ4v) is 2.47. The van der Waals surface area contributed by atoms with Crippen LogP contribution in [0.4, 0.5) is 0 Å². The Bertz CT molecular complexity index is 554. The van der Waals surface area contributed by atoms with Crippen LogP contribution in [0.1, 0.15) is 21.9 Å². The summed E-state index contributed by atoms with van der Waals surface area (Å²) in [5.74, 6) is 0.0921. The van der Waals surface area contributed by atoms with Gasteiger partial charge in [0.15, 0.2) is 0 Å². The number of aryl methyl sites for hydroxylation is 1. The Kier molecular flexibility index (Phi) is 2.48. The van der Waals surface area contributed by atoms with Gasteiger partial charge in [0.1, 0.15) is 5.69 Å². The van der Waals surface area contributed by atoms with Crippen molar-refractivity contribution in [1.82, 2.24) is 14.9 Å². The fourth-order valence-electron chi connectivity index (χ4n) is 1.85. The fraction of sp³-hybridized carbons (Fsp3) is 0.333. The number of aromatic nitrogens is 2. The van der Waals surface area contributed by atoms with Crippen LogP contribution in [0.5, 0.6) is 0 Å². The highest BCUT2D eigenvalue weighted by atomic mass is 32.1. The number of thiazole rings is 1. The Balaban J connectivity index is 1.84. The molecule has 0 spiro atoms. The first-order valence-electron chi connectivity index (χ1n) is 5.64. The minimum Gasteiger partial charge on any atom is -0.357 e. The zero-order valence-electron chi connectivity index (χ0n) is 9.56. The maximum Gasteiger partial charge on any atom is 0.270 e. The molecule has 1 fully saturated rings. The number of nitrogens with zero attached hydrogens (tertiary/aromatic N) is 2. The molecule has 3 heterocycles. The minimum absolute atomic E-state index is 0.0921. The molecule has 1 aliphatic rings. The number of likely N-dealkylation sites (tertiary alicyclic amines) is 1. The molecular weight excluding hydrogens is 234 g/mol. The molecule has 88 valence electrons. The van der Waals surface area contributed by atoms with Crippen molar-refractivity contribution >= 4 is 17.2 Å². The van der Waals surface area contributed by atoms with E-state index in [1.807, 2.05) is 29.5 Å². The van der Waals surface area contributed by atoms with E-state index in [0.29, 0.717) is 5.69 Å². The van der Waals surface area contributed by atoms with Crippen LogP contribution in [-0.4, -0.2) is 33.9 Å². The highest BCUT2D eigenvalue weighted by Gasteiger charge is 2.22. The van der Waals surface area contributed by atoms with Crippen LogP contribution >= 0.6 is 11.3 Å². The summed E-state index contributed by atoms with van der Waals surface area (Å²) in [6.45, 7) is 3.74. The largest absolute Gasteiger partial charge is 0.357 e. The summed E-state index contributed by atoms with van der Waals surface area (Å²) in [5, 5.41) is 3.05. The third-order valence-electron chi connectivity index (χ3n) is 2.97. The molecule has 0 saturated carbocycles. The molecule has 5 heteroatoms. The number of hydrogen-bond donors (Lipinski definition) is 1. The highest BCUT2D eigenvalue weighted by molar-refractivity contribution is 7.09. The van der Waals surface area contributed by atoms with Crippen LogP contribution in [0.2, 0.25) is 0 Å². The Morgan fingerprint density at radius 3 is 2.94 bits per heavy atom. The lowest BCUT2D eigenvalue weighted by molar-refractivity contribution is 0.0646. The van der Waals surface area contributed by atoms with Gasteiger partial charge in [0.05, 0.1) is 10.7 Å². The van der Waals surface area contributed by atoms with E-state index in [4.69, 9.17) is 0 Å². The number of hydrogen-bond acceptors (Lipinski definition) is 3. The Hall–Kier alpha value is -1.62. The predicted molar refractivity (Wildman–Crippen MR) is 67.2 cm³/mol. The monoisotopic (exact) mass is 247 g/mol. The highest BCUT2D eigenvalue weighted by Crippen LogP contribution is 2.23. The Labute approximate surface area is 103 Å². The van der Waals surface area contributed by atoms with Crippen molar-refractivity contribution < 1.29 is 4.79 Å². The van der Waals surface area contributed by atoms with E-state index >= 15 is 0 Å². The van der Waals surface area contributed by atoms with Gasteiger partial charge in [-0.1, -0.05) is 0 Å². The molecule has 4 nitrogen and oxygen atoms in total. The van der Waals surface area contributed by atoms with Crippen LogP contribution in [-0.2, 0) is 0 Å². The first-order valence-corrected chi connectivity index (χ1v) is 6.52. The maximum absolute atomic E-state index is 12.0. The van der Waals surface area contributed by atoms with Gasteiger partial charge in [-0.2, -0.15) is 0 Å². The number of H-pyrrole nitrogens is 1. The summed E-state index contributed by atoms with van der Waals surface area (Å²) >= 11 is 1.62. The molecule has 1 amide bonds. The average Bonchev–Trinajstić information content (AvgIpc) is 2.82. The van der Waals surface area contributed by atoms with Crippen molar-refractivity contribution in [2.24, 2.45) is 0 Å². The molecule has 1 saturated heterocycles. The van der Waals surface area contributed by atoms with Gasteiger partial charge in [-0.3, -0.25) is 4.79 Å². The Morgan fingerprint density at radius 1 is 1.53 bits per heavy atom. The lowest BCUT2D eigenvalue weighted by atomic mass is 10.2. The standard InChI is InChI=1S/C12H13N3OS/c1-8-14-11(7-17-8)9-5-10(13-6-9)12(16)15-3-2-4-15/h5-7,13H,2-4H2,1H3. The second-order valence-corrected chi connectivity index (χ2v) is 5.26. The van der Waals surface area contributed by atoms with Crippen LogP contribution in [0.15, 0.2) is 17.6 Å². The summed E-state index contributed by atoms with van der Waals surface area (Å²) in [5.41, 5.74) is 2.58. The number of carbonyl (C=O) groups excluding carboxylic acids is 1. The van der Waals surface area contributed by atoms with Gasteiger partial charge in [0.2, 0.25) is 0 Å². The average molecular weight is 247 g/mol. The van der Waals surface area contributed by atoms with Crippen molar-refractivity contribution in [2.45, 2.75) is 13.3 Å². The zero-order chi connectivity index (χ0) is 11.8. The third kappa shape index (κ3) is 1.86. The van der Waals surface area contributed by atoms with E-state index in [1.54, 1.807) is 11.3 Å². The van der Waals surface area contributed by atoms with Crippen LogP contribution in [0.3, 0.4) is 0 Å². The van der Waals surface area contributed by atoms with Gasteiger partial charge in [-0.15, -0.1) is 11.3 Å². The summed E-state index contributed by atoms with van der Waals surface area (Å²) in [6.07, 6.45) is 2.96. The van der Waals surface area contributed by atoms with Gasteiger partial charge >= 0.3 is 0 Å². The molecule has 0 aromatic carbocycles. The molecule has 2 aromatic heterocycles. The second kappa shape index (κ2) is 4.00. The summed E-state index contributed by atoms with van der Waals surface area (Å²) in [4.78, 5) is 21.2. The van der Waals surface area contributed by atoms with E-state index in [1.165, 1.54) is 0 Å². The molecule has 0 aliphatic carbocycles. The second-order valence-electron chi connectivity index (χ2n) is 4.20. The number of aromatic amines is 1. The third-order valence-corrected chi connectivity index (χ3v) is 3.74. The normalized spacial score (nSPS) is 14.8. The van der Waals surface area contributed by atoms with E-state index < -0.39 is 0 Å². The molecule has 0 radical (unpaired) electrons. The number of carbonyl (C=O) groups is 1. The van der Waals surface area contributed by atoms with Crippen LogP contribution < -0.4 is 0 Å². The molecule has 17 heavy (non-hydrogen) atoms. The molecule has 0 unspecified atom stereocenters. The number of nitrogens with one attached hydrogen (secondary N) is 1. The van der Waals surface area contributed by atoms with Crippen LogP contribution in [0, 0.1) is 6.92 Å². The topological polar surface area (TPSA) is 49.0 Å². The van der Waals surface area contributed by atoms with Crippen molar-refractivity contribution in [1.29, 1.82) is 0 Å². The zero-order valence-corrected chi connectivity index (χ0v) is 10.4. The first kappa shape index (κ1) is 10.5. The molecule has 0 bridgehead atoms. The summed E-state index contributed by atoms with van der Waals surface area (Å²) in [6, 6.07) is 1.88. The molecule has 1 aliphatic heterocycles. The van der Waals surface area contributed by atoms with Crippen molar-refractivity contribution in [3.63, 3.8) is 0 Å².